The number of nitrogens with one attached hydrogen (secondary N) is 1. The minimum atomic E-state index is 0.964. The molecule has 1 aromatic carbocycles. The van der Waals surface area contributed by atoms with Gasteiger partial charge in [0.15, 0.2) is 5.13 Å². The van der Waals surface area contributed by atoms with Crippen molar-refractivity contribution < 1.29 is 0 Å². The van der Waals surface area contributed by atoms with Crippen molar-refractivity contribution >= 4 is 22.2 Å². The Labute approximate surface area is 113 Å². The van der Waals surface area contributed by atoms with Crippen molar-refractivity contribution in [3.8, 4) is 0 Å². The third-order valence-corrected chi connectivity index (χ3v) is 3.77. The monoisotopic (exact) mass is 260 g/mol. The normalized spacial score (nSPS) is 10.6. The van der Waals surface area contributed by atoms with Gasteiger partial charge in [-0.2, -0.15) is 0 Å². The molecule has 0 bridgehead atoms. The van der Waals surface area contributed by atoms with E-state index < -0.39 is 0 Å². The molecule has 1 N–H and O–H groups in total. The number of thiazole rings is 1. The Hall–Kier alpha value is -1.35. The topological polar surface area (TPSA) is 24.9 Å². The van der Waals surface area contributed by atoms with Gasteiger partial charge >= 0.3 is 0 Å². The molecule has 2 aromatic rings. The Morgan fingerprint density at radius 3 is 2.56 bits per heavy atom. The number of aryl methyl sites for hydroxylation is 2. The zero-order valence-electron chi connectivity index (χ0n) is 11.1. The molecular weight excluding hydrogens is 240 g/mol. The SMILES string of the molecule is CCCCCc1ccc(Nc2nc(C)cs2)cc1. The van der Waals surface area contributed by atoms with Crippen LogP contribution in [0.1, 0.15) is 37.4 Å². The average Bonchev–Trinajstić information content (AvgIpc) is 2.77. The minimum Gasteiger partial charge on any atom is -0.332 e. The highest BCUT2D eigenvalue weighted by atomic mass is 32.1. The molecule has 0 aliphatic heterocycles. The summed E-state index contributed by atoms with van der Waals surface area (Å²) in [6.45, 7) is 4.25. The number of hydrogen-bond donors (Lipinski definition) is 1. The van der Waals surface area contributed by atoms with Crippen LogP contribution in [0, 0.1) is 6.92 Å². The van der Waals surface area contributed by atoms with Gasteiger partial charge in [-0.3, -0.25) is 0 Å². The molecule has 96 valence electrons. The molecule has 0 aliphatic rings. The van der Waals surface area contributed by atoms with Gasteiger partial charge in [0.05, 0.1) is 5.69 Å². The predicted octanol–water partition coefficient (Wildman–Crippen LogP) is 4.93. The molecule has 0 unspecified atom stereocenters. The summed E-state index contributed by atoms with van der Waals surface area (Å²) in [7, 11) is 0. The van der Waals surface area contributed by atoms with Crippen LogP contribution in [-0.2, 0) is 6.42 Å². The largest absolute Gasteiger partial charge is 0.332 e. The quantitative estimate of drug-likeness (QED) is 0.745. The molecule has 0 radical (unpaired) electrons. The van der Waals surface area contributed by atoms with Crippen LogP contribution >= 0.6 is 11.3 Å². The Bertz CT molecular complexity index is 473. The Balaban J connectivity index is 1.91. The Kier molecular flexibility index (Phi) is 4.76. The number of benzene rings is 1. The molecule has 2 nitrogen and oxygen atoms in total. The lowest BCUT2D eigenvalue weighted by molar-refractivity contribution is 0.717. The zero-order chi connectivity index (χ0) is 12.8. The standard InChI is InChI=1S/C15H20N2S/c1-3-4-5-6-13-7-9-14(10-8-13)17-15-16-12(2)11-18-15/h7-11H,3-6H2,1-2H3,(H,16,17). The van der Waals surface area contributed by atoms with E-state index in [1.165, 1.54) is 31.2 Å². The third kappa shape index (κ3) is 3.84. The van der Waals surface area contributed by atoms with Crippen molar-refractivity contribution in [2.75, 3.05) is 5.32 Å². The van der Waals surface area contributed by atoms with E-state index in [1.54, 1.807) is 11.3 Å². The van der Waals surface area contributed by atoms with Crippen molar-refractivity contribution in [1.82, 2.24) is 4.98 Å². The molecule has 0 aliphatic carbocycles. The van der Waals surface area contributed by atoms with Crippen LogP contribution in [0.5, 0.6) is 0 Å². The first-order chi connectivity index (χ1) is 8.78. The average molecular weight is 260 g/mol. The maximum atomic E-state index is 4.40. The number of hydrogen-bond acceptors (Lipinski definition) is 3. The smallest absolute Gasteiger partial charge is 0.187 e. The Morgan fingerprint density at radius 2 is 1.94 bits per heavy atom. The molecule has 0 fully saturated rings. The van der Waals surface area contributed by atoms with Crippen LogP contribution in [-0.4, -0.2) is 4.98 Å². The van der Waals surface area contributed by atoms with Gasteiger partial charge < -0.3 is 5.32 Å². The molecule has 0 saturated carbocycles. The van der Waals surface area contributed by atoms with Gasteiger partial charge in [0.1, 0.15) is 0 Å². The highest BCUT2D eigenvalue weighted by Crippen LogP contribution is 2.21. The molecular formula is C15H20N2S. The maximum Gasteiger partial charge on any atom is 0.187 e. The first kappa shape index (κ1) is 13.1. The molecule has 0 amide bonds. The van der Waals surface area contributed by atoms with Crippen LogP contribution in [0.25, 0.3) is 0 Å². The van der Waals surface area contributed by atoms with Crippen LogP contribution in [0.15, 0.2) is 29.6 Å². The predicted molar refractivity (Wildman–Crippen MR) is 79.8 cm³/mol. The van der Waals surface area contributed by atoms with Gasteiger partial charge in [-0.25, -0.2) is 4.98 Å². The lowest BCUT2D eigenvalue weighted by Gasteiger charge is -2.04. The summed E-state index contributed by atoms with van der Waals surface area (Å²) >= 11 is 1.64. The maximum absolute atomic E-state index is 4.40. The fraction of sp³-hybridized carbons (Fsp3) is 0.400. The summed E-state index contributed by atoms with van der Waals surface area (Å²) in [4.78, 5) is 4.40. The molecule has 0 spiro atoms. The number of rotatable bonds is 6. The second kappa shape index (κ2) is 6.55. The van der Waals surface area contributed by atoms with Gasteiger partial charge in [0.2, 0.25) is 0 Å². The summed E-state index contributed by atoms with van der Waals surface area (Å²) < 4.78 is 0. The van der Waals surface area contributed by atoms with Crippen LogP contribution in [0.3, 0.4) is 0 Å². The highest BCUT2D eigenvalue weighted by molar-refractivity contribution is 7.13. The highest BCUT2D eigenvalue weighted by Gasteiger charge is 1.99. The molecule has 1 aromatic heterocycles. The number of unbranched alkanes of at least 4 members (excludes halogenated alkanes) is 2. The zero-order valence-corrected chi connectivity index (χ0v) is 11.9. The molecule has 3 heteroatoms. The van der Waals surface area contributed by atoms with Crippen molar-refractivity contribution in [2.45, 2.75) is 39.5 Å². The van der Waals surface area contributed by atoms with Crippen LogP contribution < -0.4 is 5.32 Å². The minimum absolute atomic E-state index is 0.964. The third-order valence-electron chi connectivity index (χ3n) is 2.89. The fourth-order valence-electron chi connectivity index (χ4n) is 1.87. The summed E-state index contributed by atoms with van der Waals surface area (Å²) in [5.41, 5.74) is 3.60. The first-order valence-corrected chi connectivity index (χ1v) is 7.44. The second-order valence-electron chi connectivity index (χ2n) is 4.57. The van der Waals surface area contributed by atoms with E-state index in [0.717, 1.165) is 16.5 Å². The lowest BCUT2D eigenvalue weighted by atomic mass is 10.1. The summed E-state index contributed by atoms with van der Waals surface area (Å²) in [6, 6.07) is 8.69. The van der Waals surface area contributed by atoms with Gasteiger partial charge in [-0.15, -0.1) is 11.3 Å². The summed E-state index contributed by atoms with van der Waals surface area (Å²) in [6.07, 6.45) is 5.07. The van der Waals surface area contributed by atoms with E-state index in [9.17, 15) is 0 Å². The van der Waals surface area contributed by atoms with Crippen LogP contribution in [0.4, 0.5) is 10.8 Å². The second-order valence-corrected chi connectivity index (χ2v) is 5.43. The summed E-state index contributed by atoms with van der Waals surface area (Å²) in [5, 5.41) is 6.35. The first-order valence-electron chi connectivity index (χ1n) is 6.56. The number of anilines is 2. The van der Waals surface area contributed by atoms with Crippen molar-refractivity contribution in [3.63, 3.8) is 0 Å². The van der Waals surface area contributed by atoms with Gasteiger partial charge in [-0.05, 0) is 37.5 Å². The number of nitrogens with zero attached hydrogens (tertiary/aromatic N) is 1. The van der Waals surface area contributed by atoms with Crippen molar-refractivity contribution in [3.05, 3.63) is 40.9 Å². The van der Waals surface area contributed by atoms with E-state index in [2.05, 4.69) is 46.9 Å². The van der Waals surface area contributed by atoms with E-state index in [1.807, 2.05) is 6.92 Å². The lowest BCUT2D eigenvalue weighted by Crippen LogP contribution is -1.91. The molecule has 1 heterocycles. The molecule has 0 saturated heterocycles. The van der Waals surface area contributed by atoms with Gasteiger partial charge in [0.25, 0.3) is 0 Å². The Morgan fingerprint density at radius 1 is 1.17 bits per heavy atom. The molecule has 18 heavy (non-hydrogen) atoms. The molecule has 2 rings (SSSR count). The fourth-order valence-corrected chi connectivity index (χ4v) is 2.58. The van der Waals surface area contributed by atoms with Gasteiger partial charge in [0, 0.05) is 11.1 Å². The number of aromatic nitrogens is 1. The van der Waals surface area contributed by atoms with E-state index in [-0.39, 0.29) is 0 Å². The van der Waals surface area contributed by atoms with E-state index in [4.69, 9.17) is 0 Å². The summed E-state index contributed by atoms with van der Waals surface area (Å²) in [5.74, 6) is 0. The van der Waals surface area contributed by atoms with Crippen molar-refractivity contribution in [1.29, 1.82) is 0 Å². The van der Waals surface area contributed by atoms with E-state index >= 15 is 0 Å². The van der Waals surface area contributed by atoms with Gasteiger partial charge in [-0.1, -0.05) is 31.9 Å². The van der Waals surface area contributed by atoms with Crippen LogP contribution in [0.2, 0.25) is 0 Å². The van der Waals surface area contributed by atoms with Crippen molar-refractivity contribution in [2.24, 2.45) is 0 Å². The molecule has 0 atom stereocenters. The van der Waals surface area contributed by atoms with E-state index in [0.29, 0.717) is 0 Å².